The van der Waals surface area contributed by atoms with E-state index in [0.29, 0.717) is 35.8 Å². The van der Waals surface area contributed by atoms with Crippen molar-refractivity contribution in [2.45, 2.75) is 45.2 Å². The smallest absolute Gasteiger partial charge is 0.254 e. The number of amides is 1. The Hall–Kier alpha value is -2.74. The number of benzene rings is 2. The van der Waals surface area contributed by atoms with Crippen LogP contribution in [0.2, 0.25) is 0 Å². The average molecular weight is 476 g/mol. The first kappa shape index (κ1) is 24.9. The van der Waals surface area contributed by atoms with Crippen LogP contribution in [-0.2, 0) is 21.8 Å². The normalized spacial score (nSPS) is 17.5. The molecular weight excluding hydrogens is 442 g/mol. The van der Waals surface area contributed by atoms with Gasteiger partial charge in [-0.25, -0.2) is 8.42 Å². The van der Waals surface area contributed by atoms with Crippen molar-refractivity contribution in [3.8, 4) is 17.2 Å². The summed E-state index contributed by atoms with van der Waals surface area (Å²) in [4.78, 5) is 15.3. The highest BCUT2D eigenvalue weighted by Crippen LogP contribution is 2.39. The first-order valence-corrected chi connectivity index (χ1v) is 12.7. The second kappa shape index (κ2) is 9.63. The summed E-state index contributed by atoms with van der Waals surface area (Å²) < 4.78 is 40.6. The monoisotopic (exact) mass is 475 g/mol. The van der Waals surface area contributed by atoms with Crippen LogP contribution in [0.5, 0.6) is 17.2 Å². The van der Waals surface area contributed by atoms with Gasteiger partial charge in [-0.15, -0.1) is 0 Å². The number of hydrogen-bond acceptors (Lipinski definition) is 6. The summed E-state index contributed by atoms with van der Waals surface area (Å²) in [6, 6.07) is 10.9. The second-order valence-electron chi connectivity index (χ2n) is 9.35. The molecule has 1 fully saturated rings. The molecule has 1 aliphatic heterocycles. The number of nitrogens with zero attached hydrogens (tertiary/aromatic N) is 1. The number of methoxy groups -OCH3 is 3. The molecule has 1 atom stereocenters. The molecule has 2 aromatic carbocycles. The minimum Gasteiger partial charge on any atom is -0.493 e. The van der Waals surface area contributed by atoms with Gasteiger partial charge in [0, 0.05) is 18.2 Å². The molecule has 180 valence electrons. The summed E-state index contributed by atoms with van der Waals surface area (Å²) in [5.41, 5.74) is 2.49. The predicted octanol–water partition coefficient (Wildman–Crippen LogP) is 3.84. The first-order chi connectivity index (χ1) is 15.5. The van der Waals surface area contributed by atoms with Crippen LogP contribution in [0.25, 0.3) is 0 Å². The van der Waals surface area contributed by atoms with E-state index in [0.717, 1.165) is 5.56 Å². The molecule has 7 nitrogen and oxygen atoms in total. The molecule has 1 aliphatic rings. The third kappa shape index (κ3) is 5.61. The molecule has 8 heteroatoms. The molecule has 0 saturated carbocycles. The second-order valence-corrected chi connectivity index (χ2v) is 11.6. The third-order valence-electron chi connectivity index (χ3n) is 5.99. The number of ether oxygens (including phenoxy) is 3. The summed E-state index contributed by atoms with van der Waals surface area (Å²) in [7, 11) is 1.30. The highest BCUT2D eigenvalue weighted by Gasteiger charge is 2.35. The molecule has 3 rings (SSSR count). The Kier molecular flexibility index (Phi) is 7.26. The summed E-state index contributed by atoms with van der Waals surface area (Å²) in [5.74, 6) is 0.895. The lowest BCUT2D eigenvalue weighted by Gasteiger charge is -2.29. The SMILES string of the molecule is COc1cc(C(=O)N(Cc2ccc(C(C)(C)C)cc2)C2CCS(=O)(=O)C2)cc(OC)c1OC. The van der Waals surface area contributed by atoms with Crippen LogP contribution in [-0.4, -0.2) is 58.1 Å². The Balaban J connectivity index is 1.99. The summed E-state index contributed by atoms with van der Waals surface area (Å²) in [5, 5.41) is 0. The fourth-order valence-corrected chi connectivity index (χ4v) is 5.80. The number of rotatable bonds is 7. The van der Waals surface area contributed by atoms with Crippen LogP contribution >= 0.6 is 0 Å². The van der Waals surface area contributed by atoms with Gasteiger partial charge in [0.15, 0.2) is 21.3 Å². The third-order valence-corrected chi connectivity index (χ3v) is 7.74. The van der Waals surface area contributed by atoms with Gasteiger partial charge in [-0.3, -0.25) is 4.79 Å². The van der Waals surface area contributed by atoms with E-state index in [-0.39, 0.29) is 22.8 Å². The standard InChI is InChI=1S/C25H33NO6S/c1-25(2,3)19-9-7-17(8-10-19)15-26(20-11-12-33(28,29)16-20)24(27)18-13-21(30-4)23(32-6)22(14-18)31-5/h7-10,13-14,20H,11-12,15-16H2,1-6H3. The van der Waals surface area contributed by atoms with Crippen LogP contribution in [0.3, 0.4) is 0 Å². The van der Waals surface area contributed by atoms with Gasteiger partial charge < -0.3 is 19.1 Å². The Morgan fingerprint density at radius 1 is 1.00 bits per heavy atom. The number of carbonyl (C=O) groups excluding carboxylic acids is 1. The molecule has 0 aromatic heterocycles. The molecular formula is C25H33NO6S. The topological polar surface area (TPSA) is 82.1 Å². The molecule has 1 amide bonds. The Bertz CT molecular complexity index is 1080. The van der Waals surface area contributed by atoms with Crippen molar-refractivity contribution in [3.63, 3.8) is 0 Å². The van der Waals surface area contributed by atoms with Crippen molar-refractivity contribution in [1.82, 2.24) is 4.90 Å². The van der Waals surface area contributed by atoms with Gasteiger partial charge in [0.1, 0.15) is 0 Å². The number of sulfone groups is 1. The zero-order valence-corrected chi connectivity index (χ0v) is 21.0. The first-order valence-electron chi connectivity index (χ1n) is 10.9. The van der Waals surface area contributed by atoms with E-state index in [1.807, 2.05) is 12.1 Å². The maximum atomic E-state index is 13.7. The molecule has 0 aliphatic carbocycles. The van der Waals surface area contributed by atoms with Gasteiger partial charge in [0.25, 0.3) is 5.91 Å². The minimum atomic E-state index is -3.17. The summed E-state index contributed by atoms with van der Waals surface area (Å²) in [6.07, 6.45) is 0.415. The van der Waals surface area contributed by atoms with Crippen molar-refractivity contribution < 1.29 is 27.4 Å². The van der Waals surface area contributed by atoms with Gasteiger partial charge in [0.2, 0.25) is 5.75 Å². The maximum absolute atomic E-state index is 13.7. The van der Waals surface area contributed by atoms with Crippen molar-refractivity contribution >= 4 is 15.7 Å². The van der Waals surface area contributed by atoms with Gasteiger partial charge >= 0.3 is 0 Å². The van der Waals surface area contributed by atoms with Crippen LogP contribution in [0, 0.1) is 0 Å². The Labute approximate surface area is 196 Å². The predicted molar refractivity (Wildman–Crippen MR) is 128 cm³/mol. The van der Waals surface area contributed by atoms with E-state index in [4.69, 9.17) is 14.2 Å². The average Bonchev–Trinajstić information content (AvgIpc) is 3.14. The highest BCUT2D eigenvalue weighted by molar-refractivity contribution is 7.91. The molecule has 1 unspecified atom stereocenters. The van der Waals surface area contributed by atoms with E-state index < -0.39 is 15.9 Å². The molecule has 1 heterocycles. The van der Waals surface area contributed by atoms with Crippen molar-refractivity contribution in [2.24, 2.45) is 0 Å². The van der Waals surface area contributed by atoms with Crippen molar-refractivity contribution in [2.75, 3.05) is 32.8 Å². The Morgan fingerprint density at radius 2 is 1.58 bits per heavy atom. The van der Waals surface area contributed by atoms with Gasteiger partial charge in [-0.1, -0.05) is 45.0 Å². The van der Waals surface area contributed by atoms with Gasteiger partial charge in [0.05, 0.1) is 32.8 Å². The molecule has 0 N–H and O–H groups in total. The molecule has 0 radical (unpaired) electrons. The van der Waals surface area contributed by atoms with E-state index in [9.17, 15) is 13.2 Å². The fraction of sp³-hybridized carbons (Fsp3) is 0.480. The fourth-order valence-electron chi connectivity index (χ4n) is 4.07. The summed E-state index contributed by atoms with van der Waals surface area (Å²) >= 11 is 0. The maximum Gasteiger partial charge on any atom is 0.254 e. The molecule has 2 aromatic rings. The quantitative estimate of drug-likeness (QED) is 0.605. The number of carbonyl (C=O) groups is 1. The number of hydrogen-bond donors (Lipinski definition) is 0. The minimum absolute atomic E-state index is 0.0176. The van der Waals surface area contributed by atoms with E-state index >= 15 is 0 Å². The molecule has 1 saturated heterocycles. The van der Waals surface area contributed by atoms with E-state index in [2.05, 4.69) is 32.9 Å². The van der Waals surface area contributed by atoms with E-state index in [1.54, 1.807) is 17.0 Å². The van der Waals surface area contributed by atoms with Crippen LogP contribution in [0.15, 0.2) is 36.4 Å². The zero-order chi connectivity index (χ0) is 24.4. The van der Waals surface area contributed by atoms with Crippen molar-refractivity contribution in [1.29, 1.82) is 0 Å². The zero-order valence-electron chi connectivity index (χ0n) is 20.2. The highest BCUT2D eigenvalue weighted by atomic mass is 32.2. The van der Waals surface area contributed by atoms with Crippen LogP contribution in [0.4, 0.5) is 0 Å². The molecule has 33 heavy (non-hydrogen) atoms. The van der Waals surface area contributed by atoms with Gasteiger partial charge in [-0.05, 0) is 35.1 Å². The lowest BCUT2D eigenvalue weighted by Crippen LogP contribution is -2.40. The lowest BCUT2D eigenvalue weighted by molar-refractivity contribution is 0.0680. The Morgan fingerprint density at radius 3 is 2.00 bits per heavy atom. The van der Waals surface area contributed by atoms with Gasteiger partial charge in [-0.2, -0.15) is 0 Å². The van der Waals surface area contributed by atoms with Crippen LogP contribution < -0.4 is 14.2 Å². The molecule has 0 bridgehead atoms. The summed E-state index contributed by atoms with van der Waals surface area (Å²) in [6.45, 7) is 6.74. The molecule has 0 spiro atoms. The van der Waals surface area contributed by atoms with Crippen molar-refractivity contribution in [3.05, 3.63) is 53.1 Å². The lowest BCUT2D eigenvalue weighted by atomic mass is 9.86. The van der Waals surface area contributed by atoms with Crippen LogP contribution in [0.1, 0.15) is 48.7 Å². The van der Waals surface area contributed by atoms with E-state index in [1.165, 1.54) is 26.9 Å². The largest absolute Gasteiger partial charge is 0.493 e.